The minimum Gasteiger partial charge on any atom is -0.366 e. The molecule has 1 atom stereocenters. The van der Waals surface area contributed by atoms with Gasteiger partial charge in [-0.15, -0.1) is 11.8 Å². The first-order valence-electron chi connectivity index (χ1n) is 9.06. The summed E-state index contributed by atoms with van der Waals surface area (Å²) in [6.45, 7) is 4.84. The summed E-state index contributed by atoms with van der Waals surface area (Å²) in [5, 5.41) is 4.46. The van der Waals surface area contributed by atoms with Crippen molar-refractivity contribution < 1.29 is 0 Å². The SMILES string of the molecule is [B]N1CCN(c2ccc3ncnc(Nc4ccc(SC)cc4)c3c2)C(C)C1. The van der Waals surface area contributed by atoms with Crippen LogP contribution in [0.3, 0.4) is 0 Å². The molecule has 1 aromatic heterocycles. The number of thioether (sulfide) groups is 1. The first-order chi connectivity index (χ1) is 13.1. The van der Waals surface area contributed by atoms with E-state index in [9.17, 15) is 0 Å². The van der Waals surface area contributed by atoms with Gasteiger partial charge in [0.2, 0.25) is 0 Å². The highest BCUT2D eigenvalue weighted by molar-refractivity contribution is 7.98. The van der Waals surface area contributed by atoms with Crippen LogP contribution in [-0.2, 0) is 0 Å². The summed E-state index contributed by atoms with van der Waals surface area (Å²) in [4.78, 5) is 14.4. The molecule has 0 saturated carbocycles. The molecule has 0 bridgehead atoms. The molecule has 7 heteroatoms. The average Bonchev–Trinajstić information content (AvgIpc) is 2.69. The monoisotopic (exact) mass is 375 g/mol. The summed E-state index contributed by atoms with van der Waals surface area (Å²) in [5.74, 6) is 0.823. The van der Waals surface area contributed by atoms with Crippen molar-refractivity contribution in [3.8, 4) is 0 Å². The lowest BCUT2D eigenvalue weighted by atomic mass is 10.1. The van der Waals surface area contributed by atoms with Gasteiger partial charge in [0.25, 0.3) is 0 Å². The third-order valence-corrected chi connectivity index (χ3v) is 5.71. The first-order valence-corrected chi connectivity index (χ1v) is 10.3. The van der Waals surface area contributed by atoms with Crippen molar-refractivity contribution in [2.45, 2.75) is 17.9 Å². The van der Waals surface area contributed by atoms with Crippen LogP contribution in [0.1, 0.15) is 6.92 Å². The van der Waals surface area contributed by atoms with Crippen molar-refractivity contribution in [1.29, 1.82) is 0 Å². The highest BCUT2D eigenvalue weighted by atomic mass is 32.2. The van der Waals surface area contributed by atoms with Crippen molar-refractivity contribution in [1.82, 2.24) is 14.8 Å². The van der Waals surface area contributed by atoms with Gasteiger partial charge in [0, 0.05) is 47.3 Å². The topological polar surface area (TPSA) is 44.3 Å². The third-order valence-electron chi connectivity index (χ3n) is 4.96. The fourth-order valence-corrected chi connectivity index (χ4v) is 3.91. The molecule has 5 nitrogen and oxygen atoms in total. The lowest BCUT2D eigenvalue weighted by molar-refractivity contribution is 0.362. The van der Waals surface area contributed by atoms with Gasteiger partial charge in [-0.2, -0.15) is 0 Å². The van der Waals surface area contributed by atoms with Crippen LogP contribution < -0.4 is 10.2 Å². The molecular weight excluding hydrogens is 353 g/mol. The summed E-state index contributed by atoms with van der Waals surface area (Å²) in [6, 6.07) is 15.1. The molecule has 0 spiro atoms. The standard InChI is InChI=1S/C20H22BN5S/c1-14-12-25(21)9-10-26(14)16-5-8-19-18(11-16)20(23-13-22-19)24-15-3-6-17(27-2)7-4-15/h3-8,11,13-14H,9-10,12H2,1-2H3,(H,22,23,24). The van der Waals surface area contributed by atoms with Gasteiger partial charge in [-0.3, -0.25) is 0 Å². The van der Waals surface area contributed by atoms with Gasteiger partial charge in [-0.25, -0.2) is 9.97 Å². The fourth-order valence-electron chi connectivity index (χ4n) is 3.50. The van der Waals surface area contributed by atoms with Gasteiger partial charge in [0.05, 0.1) is 5.52 Å². The molecule has 27 heavy (non-hydrogen) atoms. The van der Waals surface area contributed by atoms with E-state index in [-0.39, 0.29) is 0 Å². The van der Waals surface area contributed by atoms with E-state index >= 15 is 0 Å². The molecule has 136 valence electrons. The lowest BCUT2D eigenvalue weighted by Crippen LogP contribution is -2.51. The van der Waals surface area contributed by atoms with E-state index < -0.39 is 0 Å². The van der Waals surface area contributed by atoms with Crippen molar-refractivity contribution in [3.05, 3.63) is 48.8 Å². The molecule has 0 amide bonds. The Hall–Kier alpha value is -2.25. The Kier molecular flexibility index (Phi) is 5.23. The maximum absolute atomic E-state index is 5.96. The molecule has 1 unspecified atom stereocenters. The van der Waals surface area contributed by atoms with Gasteiger partial charge in [0.15, 0.2) is 7.98 Å². The molecule has 2 heterocycles. The smallest absolute Gasteiger partial charge is 0.182 e. The van der Waals surface area contributed by atoms with Gasteiger partial charge in [-0.05, 0) is 55.6 Å². The molecule has 0 aliphatic carbocycles. The van der Waals surface area contributed by atoms with Crippen LogP contribution in [0.25, 0.3) is 10.9 Å². The number of fused-ring (bicyclic) bond motifs is 1. The largest absolute Gasteiger partial charge is 0.366 e. The average molecular weight is 375 g/mol. The van der Waals surface area contributed by atoms with Crippen LogP contribution in [0.5, 0.6) is 0 Å². The molecule has 4 rings (SSSR count). The van der Waals surface area contributed by atoms with E-state index in [1.54, 1.807) is 18.1 Å². The van der Waals surface area contributed by atoms with E-state index in [4.69, 9.17) is 7.98 Å². The van der Waals surface area contributed by atoms with E-state index in [0.717, 1.165) is 42.0 Å². The number of nitrogens with zero attached hydrogens (tertiary/aromatic N) is 4. The minimum atomic E-state index is 0.362. The second-order valence-electron chi connectivity index (χ2n) is 6.81. The molecule has 1 saturated heterocycles. The van der Waals surface area contributed by atoms with Crippen LogP contribution in [-0.4, -0.2) is 54.7 Å². The normalized spacial score (nSPS) is 18.0. The van der Waals surface area contributed by atoms with Crippen LogP contribution >= 0.6 is 11.8 Å². The number of rotatable bonds is 4. The predicted molar refractivity (Wildman–Crippen MR) is 115 cm³/mol. The molecule has 1 aliphatic rings. The van der Waals surface area contributed by atoms with Crippen molar-refractivity contribution in [2.75, 3.05) is 36.1 Å². The number of hydrogen-bond acceptors (Lipinski definition) is 6. The van der Waals surface area contributed by atoms with Gasteiger partial charge in [0.1, 0.15) is 12.1 Å². The Morgan fingerprint density at radius 3 is 2.67 bits per heavy atom. The maximum atomic E-state index is 5.96. The minimum absolute atomic E-state index is 0.362. The van der Waals surface area contributed by atoms with Gasteiger partial charge >= 0.3 is 0 Å². The highest BCUT2D eigenvalue weighted by Gasteiger charge is 2.21. The molecule has 2 aromatic carbocycles. The number of anilines is 3. The second-order valence-corrected chi connectivity index (χ2v) is 7.69. The second kappa shape index (κ2) is 7.78. The van der Waals surface area contributed by atoms with E-state index in [0.29, 0.717) is 6.04 Å². The van der Waals surface area contributed by atoms with Crippen LogP contribution in [0, 0.1) is 0 Å². The van der Waals surface area contributed by atoms with Crippen LogP contribution in [0.2, 0.25) is 0 Å². The van der Waals surface area contributed by atoms with E-state index in [1.165, 1.54) is 10.6 Å². The number of piperazine rings is 1. The van der Waals surface area contributed by atoms with Crippen molar-refractivity contribution in [2.24, 2.45) is 0 Å². The number of hydrogen-bond donors (Lipinski definition) is 1. The third kappa shape index (κ3) is 3.89. The lowest BCUT2D eigenvalue weighted by Gasteiger charge is -2.40. The van der Waals surface area contributed by atoms with E-state index in [1.807, 2.05) is 4.81 Å². The fraction of sp³-hybridized carbons (Fsp3) is 0.300. The van der Waals surface area contributed by atoms with Crippen molar-refractivity contribution in [3.63, 3.8) is 0 Å². The first kappa shape index (κ1) is 18.1. The predicted octanol–water partition coefficient (Wildman–Crippen LogP) is 3.69. The molecule has 1 N–H and O–H groups in total. The Morgan fingerprint density at radius 2 is 1.93 bits per heavy atom. The summed E-state index contributed by atoms with van der Waals surface area (Å²) in [5.41, 5.74) is 3.13. The zero-order valence-corrected chi connectivity index (χ0v) is 16.4. The summed E-state index contributed by atoms with van der Waals surface area (Å²) in [6.07, 6.45) is 3.68. The molecule has 1 aliphatic heterocycles. The zero-order valence-electron chi connectivity index (χ0n) is 15.6. The van der Waals surface area contributed by atoms with Crippen LogP contribution in [0.4, 0.5) is 17.2 Å². The number of benzene rings is 2. The Balaban J connectivity index is 1.66. The molecule has 1 fully saturated rings. The zero-order chi connectivity index (χ0) is 18.8. The molecule has 2 radical (unpaired) electrons. The number of aromatic nitrogens is 2. The quantitative estimate of drug-likeness (QED) is 0.554. The highest BCUT2D eigenvalue weighted by Crippen LogP contribution is 2.29. The molecule has 3 aromatic rings. The van der Waals surface area contributed by atoms with Crippen molar-refractivity contribution >= 4 is 47.8 Å². The summed E-state index contributed by atoms with van der Waals surface area (Å²) in [7, 11) is 5.96. The Labute approximate surface area is 165 Å². The van der Waals surface area contributed by atoms with Gasteiger partial charge in [-0.1, -0.05) is 0 Å². The molecular formula is C20H22BN5S. The number of nitrogens with one attached hydrogen (secondary N) is 1. The summed E-state index contributed by atoms with van der Waals surface area (Å²) >= 11 is 1.73. The Morgan fingerprint density at radius 1 is 1.11 bits per heavy atom. The maximum Gasteiger partial charge on any atom is 0.182 e. The van der Waals surface area contributed by atoms with Crippen LogP contribution in [0.15, 0.2) is 53.7 Å². The van der Waals surface area contributed by atoms with Gasteiger partial charge < -0.3 is 15.0 Å². The van der Waals surface area contributed by atoms with E-state index in [2.05, 4.69) is 75.8 Å². The Bertz CT molecular complexity index is 933. The summed E-state index contributed by atoms with van der Waals surface area (Å²) < 4.78 is 0.